The quantitative estimate of drug-likeness (QED) is 0.186. The summed E-state index contributed by atoms with van der Waals surface area (Å²) in [6.07, 6.45) is 16.8. The third-order valence-corrected chi connectivity index (χ3v) is 11.5. The lowest BCUT2D eigenvalue weighted by atomic mass is 9.88. The fourth-order valence-electron chi connectivity index (χ4n) is 8.81. The van der Waals surface area contributed by atoms with E-state index in [1.807, 2.05) is 12.4 Å². The van der Waals surface area contributed by atoms with Gasteiger partial charge in [0.05, 0.1) is 33.5 Å². The van der Waals surface area contributed by atoms with Crippen LogP contribution in [0.25, 0.3) is 77.4 Å². The molecule has 2 aliphatic heterocycles. The van der Waals surface area contributed by atoms with Crippen molar-refractivity contribution in [1.29, 1.82) is 0 Å². The van der Waals surface area contributed by atoms with Crippen molar-refractivity contribution in [2.45, 2.75) is 18.8 Å². The minimum Gasteiger partial charge on any atom is -0.387 e. The molecule has 0 saturated heterocycles. The molecular weight excluding hydrogens is 685 g/mol. The standard InChI is InChI=1S/C50H38N6/c1-5-13-46-40(9-1)41-10-2-6-14-47(41)55(46)38-29-37(30-39(31-38)56-48-15-7-3-11-42(48)43-12-4-8-16-49(43)56)33-17-19-34(20-18-33)44-32-45(35-21-25-51-26-22-35)54-50(53-44)36-23-27-52-28-24-36/h1-23,25,27,29,31-32,37,51H,24,26,28,30H2. The fraction of sp³-hybridized carbons (Fsp3) is 0.100. The molecule has 0 saturated carbocycles. The van der Waals surface area contributed by atoms with Gasteiger partial charge in [0.2, 0.25) is 0 Å². The number of benzene rings is 5. The summed E-state index contributed by atoms with van der Waals surface area (Å²) in [7, 11) is 0. The maximum absolute atomic E-state index is 5.14. The highest BCUT2D eigenvalue weighted by Gasteiger charge is 2.24. The van der Waals surface area contributed by atoms with Crippen molar-refractivity contribution in [1.82, 2.24) is 24.4 Å². The van der Waals surface area contributed by atoms with Crippen LogP contribution in [0.4, 0.5) is 0 Å². The highest BCUT2D eigenvalue weighted by atomic mass is 15.0. The second-order valence-electron chi connectivity index (χ2n) is 14.8. The first-order valence-electron chi connectivity index (χ1n) is 19.5. The number of fused-ring (bicyclic) bond motifs is 6. The van der Waals surface area contributed by atoms with E-state index in [0.717, 1.165) is 59.9 Å². The van der Waals surface area contributed by atoms with E-state index in [-0.39, 0.29) is 5.92 Å². The van der Waals surface area contributed by atoms with Crippen LogP contribution in [0.5, 0.6) is 0 Å². The number of aromatic nitrogens is 4. The summed E-state index contributed by atoms with van der Waals surface area (Å²) in [6.45, 7) is 1.54. The Bertz CT molecular complexity index is 2950. The van der Waals surface area contributed by atoms with Gasteiger partial charge < -0.3 is 14.5 Å². The lowest BCUT2D eigenvalue weighted by Crippen LogP contribution is -2.11. The molecular formula is C50H38N6. The Kier molecular flexibility index (Phi) is 7.73. The summed E-state index contributed by atoms with van der Waals surface area (Å²) in [4.78, 5) is 14.6. The molecule has 6 nitrogen and oxygen atoms in total. The topological polar surface area (TPSA) is 60.0 Å². The zero-order valence-corrected chi connectivity index (χ0v) is 30.8. The van der Waals surface area contributed by atoms with Gasteiger partial charge in [0.15, 0.2) is 5.82 Å². The number of aliphatic imine (C=N–C) groups is 1. The SMILES string of the molecule is C1=CC(c2cc(-c3ccc(C4C=C(n5c6ccccc6c6ccccc65)C=C(n5c6ccccc6c6ccccc65)C4)cc3)nc(C3=CC=NCC3)n2)=CCN1. The minimum absolute atomic E-state index is 0.132. The van der Waals surface area contributed by atoms with Gasteiger partial charge >= 0.3 is 0 Å². The van der Waals surface area contributed by atoms with Crippen molar-refractivity contribution in [3.8, 4) is 11.3 Å². The number of rotatable bonds is 6. The largest absolute Gasteiger partial charge is 0.387 e. The zero-order chi connectivity index (χ0) is 37.0. The van der Waals surface area contributed by atoms with Crippen LogP contribution >= 0.6 is 0 Å². The summed E-state index contributed by atoms with van der Waals surface area (Å²) in [5, 5.41) is 8.33. The first-order chi connectivity index (χ1) is 27.8. The first kappa shape index (κ1) is 32.4. The predicted octanol–water partition coefficient (Wildman–Crippen LogP) is 11.3. The van der Waals surface area contributed by atoms with Crippen LogP contribution in [0.3, 0.4) is 0 Å². The van der Waals surface area contributed by atoms with Crippen molar-refractivity contribution in [2.24, 2.45) is 4.99 Å². The van der Waals surface area contributed by atoms with E-state index in [1.165, 1.54) is 60.6 Å². The first-order valence-corrected chi connectivity index (χ1v) is 19.5. The Hall–Kier alpha value is -7.05. The van der Waals surface area contributed by atoms with Crippen molar-refractivity contribution >= 4 is 72.4 Å². The molecule has 268 valence electrons. The summed E-state index contributed by atoms with van der Waals surface area (Å²) in [6, 6.07) is 46.4. The molecule has 1 atom stereocenters. The van der Waals surface area contributed by atoms with Gasteiger partial charge in [-0.05, 0) is 78.7 Å². The molecule has 0 amide bonds. The molecule has 1 N–H and O–H groups in total. The number of nitrogens with zero attached hydrogens (tertiary/aromatic N) is 5. The van der Waals surface area contributed by atoms with Crippen LogP contribution < -0.4 is 5.32 Å². The van der Waals surface area contributed by atoms with Crippen LogP contribution in [-0.4, -0.2) is 38.4 Å². The number of dihydropyridines is 2. The van der Waals surface area contributed by atoms with E-state index in [4.69, 9.17) is 9.97 Å². The van der Waals surface area contributed by atoms with Crippen molar-refractivity contribution in [3.05, 3.63) is 181 Å². The van der Waals surface area contributed by atoms with E-state index in [9.17, 15) is 0 Å². The monoisotopic (exact) mass is 722 g/mol. The molecule has 5 aromatic carbocycles. The molecule has 8 aromatic rings. The van der Waals surface area contributed by atoms with Gasteiger partial charge in [-0.15, -0.1) is 0 Å². The summed E-state index contributed by atoms with van der Waals surface area (Å²) < 4.78 is 4.95. The Morgan fingerprint density at radius 2 is 1.25 bits per heavy atom. The van der Waals surface area contributed by atoms with Gasteiger partial charge in [-0.3, -0.25) is 4.99 Å². The Morgan fingerprint density at radius 3 is 1.84 bits per heavy atom. The Balaban J connectivity index is 1.06. The van der Waals surface area contributed by atoms with Gasteiger partial charge in [0.1, 0.15) is 0 Å². The molecule has 0 bridgehead atoms. The molecule has 1 unspecified atom stereocenters. The highest BCUT2D eigenvalue weighted by Crippen LogP contribution is 2.42. The number of hydrogen-bond donors (Lipinski definition) is 1. The molecule has 11 rings (SSSR count). The van der Waals surface area contributed by atoms with E-state index in [2.05, 4.69) is 177 Å². The molecule has 3 aliphatic rings. The Labute approximate surface area is 324 Å². The number of para-hydroxylation sites is 4. The van der Waals surface area contributed by atoms with Crippen molar-refractivity contribution < 1.29 is 0 Å². The molecule has 0 radical (unpaired) electrons. The number of nitrogens with one attached hydrogen (secondary N) is 1. The van der Waals surface area contributed by atoms with Crippen LogP contribution in [-0.2, 0) is 0 Å². The van der Waals surface area contributed by atoms with Gasteiger partial charge in [-0.1, -0.05) is 109 Å². The number of allylic oxidation sites excluding steroid dienone is 7. The minimum atomic E-state index is 0.132. The van der Waals surface area contributed by atoms with E-state index in [1.54, 1.807) is 0 Å². The normalized spacial score (nSPS) is 16.9. The molecule has 0 spiro atoms. The second kappa shape index (κ2) is 13.4. The lowest BCUT2D eigenvalue weighted by molar-refractivity contribution is 0.833. The smallest absolute Gasteiger partial charge is 0.156 e. The summed E-state index contributed by atoms with van der Waals surface area (Å²) in [5.74, 6) is 0.902. The molecule has 56 heavy (non-hydrogen) atoms. The maximum Gasteiger partial charge on any atom is 0.156 e. The molecule has 3 aromatic heterocycles. The highest BCUT2D eigenvalue weighted by molar-refractivity contribution is 6.12. The molecule has 0 fully saturated rings. The van der Waals surface area contributed by atoms with Crippen LogP contribution in [0.2, 0.25) is 0 Å². The predicted molar refractivity (Wildman–Crippen MR) is 233 cm³/mol. The summed E-state index contributed by atoms with van der Waals surface area (Å²) >= 11 is 0. The van der Waals surface area contributed by atoms with Crippen LogP contribution in [0.1, 0.15) is 35.8 Å². The average molecular weight is 723 g/mol. The van der Waals surface area contributed by atoms with Gasteiger partial charge in [-0.2, -0.15) is 0 Å². The van der Waals surface area contributed by atoms with Gasteiger partial charge in [-0.25, -0.2) is 9.97 Å². The zero-order valence-electron chi connectivity index (χ0n) is 30.8. The third-order valence-electron chi connectivity index (χ3n) is 11.5. The van der Waals surface area contributed by atoms with Crippen molar-refractivity contribution in [2.75, 3.05) is 13.1 Å². The molecule has 5 heterocycles. The van der Waals surface area contributed by atoms with Gasteiger partial charge in [0.25, 0.3) is 0 Å². The Morgan fingerprint density at radius 1 is 0.643 bits per heavy atom. The summed E-state index contributed by atoms with van der Waals surface area (Å²) in [5.41, 5.74) is 13.7. The third kappa shape index (κ3) is 5.44. The van der Waals surface area contributed by atoms with Crippen molar-refractivity contribution in [3.63, 3.8) is 0 Å². The maximum atomic E-state index is 5.14. The van der Waals surface area contributed by atoms with Crippen LogP contribution in [0, 0.1) is 0 Å². The van der Waals surface area contributed by atoms with E-state index in [0.29, 0.717) is 0 Å². The van der Waals surface area contributed by atoms with E-state index >= 15 is 0 Å². The number of hydrogen-bond acceptors (Lipinski definition) is 4. The molecule has 1 aliphatic carbocycles. The van der Waals surface area contributed by atoms with Crippen LogP contribution in [0.15, 0.2) is 169 Å². The average Bonchev–Trinajstić information content (AvgIpc) is 3.80. The lowest BCUT2D eigenvalue weighted by Gasteiger charge is -2.25. The second-order valence-corrected chi connectivity index (χ2v) is 14.8. The molecule has 6 heteroatoms. The fourth-order valence-corrected chi connectivity index (χ4v) is 8.81. The van der Waals surface area contributed by atoms with E-state index < -0.39 is 0 Å². The van der Waals surface area contributed by atoms with Gasteiger partial charge in [0, 0.05) is 69.3 Å².